The van der Waals surface area contributed by atoms with Gasteiger partial charge in [-0.1, -0.05) is 32.9 Å². The van der Waals surface area contributed by atoms with E-state index in [1.165, 1.54) is 6.08 Å². The Kier molecular flexibility index (Phi) is 5.37. The van der Waals surface area contributed by atoms with Crippen LogP contribution in [0.1, 0.15) is 20.3 Å². The van der Waals surface area contributed by atoms with Gasteiger partial charge in [-0.25, -0.2) is 0 Å². The highest BCUT2D eigenvalue weighted by Crippen LogP contribution is 2.06. The lowest BCUT2D eigenvalue weighted by molar-refractivity contribution is -0.145. The smallest absolute Gasteiger partial charge is 0.323 e. The van der Waals surface area contributed by atoms with Gasteiger partial charge in [-0.05, 0) is 5.92 Å². The number of hydrogen-bond donors (Lipinski definition) is 1. The van der Waals surface area contributed by atoms with Crippen molar-refractivity contribution in [2.24, 2.45) is 11.7 Å². The summed E-state index contributed by atoms with van der Waals surface area (Å²) in [5, 5.41) is 0. The maximum atomic E-state index is 11.1. The highest BCUT2D eigenvalue weighted by molar-refractivity contribution is 5.75. The van der Waals surface area contributed by atoms with Crippen LogP contribution in [0.3, 0.4) is 0 Å². The standard InChI is InChI=1S/C9H17NO2/c1-4-6-12-9(11)8(10)7(3)5-2/h4,7-8H,1,5-6,10H2,2-3H3/t7?,8-/m1/s1. The Morgan fingerprint density at radius 1 is 1.75 bits per heavy atom. The molecule has 0 bridgehead atoms. The van der Waals surface area contributed by atoms with Gasteiger partial charge in [0.1, 0.15) is 12.6 Å². The zero-order valence-electron chi connectivity index (χ0n) is 7.75. The molecule has 2 N–H and O–H groups in total. The third-order valence-corrected chi connectivity index (χ3v) is 1.87. The second-order valence-corrected chi connectivity index (χ2v) is 2.83. The van der Waals surface area contributed by atoms with E-state index in [2.05, 4.69) is 6.58 Å². The molecule has 0 radical (unpaired) electrons. The molecular weight excluding hydrogens is 154 g/mol. The molecular formula is C9H17NO2. The van der Waals surface area contributed by atoms with Crippen LogP contribution in [-0.4, -0.2) is 18.6 Å². The van der Waals surface area contributed by atoms with Gasteiger partial charge in [0.25, 0.3) is 0 Å². The quantitative estimate of drug-likeness (QED) is 0.497. The van der Waals surface area contributed by atoms with Crippen LogP contribution in [0.25, 0.3) is 0 Å². The van der Waals surface area contributed by atoms with Gasteiger partial charge in [0, 0.05) is 0 Å². The number of esters is 1. The number of ether oxygens (including phenoxy) is 1. The molecule has 0 heterocycles. The van der Waals surface area contributed by atoms with Crippen molar-refractivity contribution >= 4 is 5.97 Å². The van der Waals surface area contributed by atoms with E-state index in [1.54, 1.807) is 0 Å². The summed E-state index contributed by atoms with van der Waals surface area (Å²) in [6.45, 7) is 7.60. The Hall–Kier alpha value is -0.830. The van der Waals surface area contributed by atoms with Gasteiger partial charge in [0.2, 0.25) is 0 Å². The maximum Gasteiger partial charge on any atom is 0.323 e. The number of rotatable bonds is 5. The van der Waals surface area contributed by atoms with Crippen molar-refractivity contribution in [3.8, 4) is 0 Å². The van der Waals surface area contributed by atoms with E-state index in [0.717, 1.165) is 6.42 Å². The van der Waals surface area contributed by atoms with Crippen LogP contribution in [0.15, 0.2) is 12.7 Å². The fourth-order valence-corrected chi connectivity index (χ4v) is 0.724. The number of hydrogen-bond acceptors (Lipinski definition) is 3. The van der Waals surface area contributed by atoms with Crippen molar-refractivity contribution in [2.75, 3.05) is 6.61 Å². The van der Waals surface area contributed by atoms with Crippen molar-refractivity contribution in [3.05, 3.63) is 12.7 Å². The molecule has 0 fully saturated rings. The Morgan fingerprint density at radius 3 is 2.75 bits per heavy atom. The first-order valence-electron chi connectivity index (χ1n) is 4.16. The molecule has 2 atom stereocenters. The third-order valence-electron chi connectivity index (χ3n) is 1.87. The summed E-state index contributed by atoms with van der Waals surface area (Å²) in [7, 11) is 0. The fraction of sp³-hybridized carbons (Fsp3) is 0.667. The van der Waals surface area contributed by atoms with Gasteiger partial charge >= 0.3 is 5.97 Å². The maximum absolute atomic E-state index is 11.1. The Morgan fingerprint density at radius 2 is 2.33 bits per heavy atom. The summed E-state index contributed by atoms with van der Waals surface area (Å²) in [4.78, 5) is 11.1. The highest BCUT2D eigenvalue weighted by atomic mass is 16.5. The first-order chi connectivity index (χ1) is 5.63. The molecule has 3 nitrogen and oxygen atoms in total. The molecule has 0 aliphatic heterocycles. The van der Waals surface area contributed by atoms with Crippen molar-refractivity contribution in [3.63, 3.8) is 0 Å². The lowest BCUT2D eigenvalue weighted by atomic mass is 10.0. The van der Waals surface area contributed by atoms with Gasteiger partial charge in [-0.15, -0.1) is 0 Å². The molecule has 0 aromatic rings. The second-order valence-electron chi connectivity index (χ2n) is 2.83. The van der Waals surface area contributed by atoms with Crippen LogP contribution < -0.4 is 5.73 Å². The fourth-order valence-electron chi connectivity index (χ4n) is 0.724. The minimum absolute atomic E-state index is 0.169. The van der Waals surface area contributed by atoms with E-state index in [9.17, 15) is 4.79 Å². The van der Waals surface area contributed by atoms with Crippen molar-refractivity contribution < 1.29 is 9.53 Å². The van der Waals surface area contributed by atoms with E-state index in [4.69, 9.17) is 10.5 Å². The average Bonchev–Trinajstić information content (AvgIpc) is 2.11. The van der Waals surface area contributed by atoms with E-state index in [0.29, 0.717) is 0 Å². The molecule has 0 aliphatic carbocycles. The first kappa shape index (κ1) is 11.2. The molecule has 0 amide bonds. The molecule has 3 heteroatoms. The predicted octanol–water partition coefficient (Wildman–Crippen LogP) is 1.09. The molecule has 0 aliphatic rings. The lowest BCUT2D eigenvalue weighted by Gasteiger charge is -2.15. The Labute approximate surface area is 73.6 Å². The summed E-state index contributed by atoms with van der Waals surface area (Å²) in [5.41, 5.74) is 5.60. The topological polar surface area (TPSA) is 52.3 Å². The van der Waals surface area contributed by atoms with Crippen LogP contribution in [0.5, 0.6) is 0 Å². The first-order valence-corrected chi connectivity index (χ1v) is 4.16. The average molecular weight is 171 g/mol. The molecule has 12 heavy (non-hydrogen) atoms. The summed E-state index contributed by atoms with van der Waals surface area (Å²) in [5.74, 6) is -0.174. The Bertz CT molecular complexity index is 157. The van der Waals surface area contributed by atoms with Crippen LogP contribution in [0.2, 0.25) is 0 Å². The molecule has 0 aromatic carbocycles. The van der Waals surface area contributed by atoms with Gasteiger partial charge in [0.15, 0.2) is 0 Å². The van der Waals surface area contributed by atoms with Gasteiger partial charge in [0.05, 0.1) is 0 Å². The highest BCUT2D eigenvalue weighted by Gasteiger charge is 2.19. The van der Waals surface area contributed by atoms with Crippen molar-refractivity contribution in [1.29, 1.82) is 0 Å². The minimum Gasteiger partial charge on any atom is -0.460 e. The van der Waals surface area contributed by atoms with Gasteiger partial charge < -0.3 is 10.5 Å². The summed E-state index contributed by atoms with van der Waals surface area (Å²) in [6.07, 6.45) is 2.41. The molecule has 1 unspecified atom stereocenters. The molecule has 0 spiro atoms. The van der Waals surface area contributed by atoms with Gasteiger partial charge in [-0.2, -0.15) is 0 Å². The molecule has 0 saturated carbocycles. The van der Waals surface area contributed by atoms with E-state index in [1.807, 2.05) is 13.8 Å². The molecule has 0 saturated heterocycles. The molecule has 0 rings (SSSR count). The van der Waals surface area contributed by atoms with Crippen molar-refractivity contribution in [2.45, 2.75) is 26.3 Å². The van der Waals surface area contributed by atoms with E-state index in [-0.39, 0.29) is 18.5 Å². The van der Waals surface area contributed by atoms with Crippen LogP contribution in [0.4, 0.5) is 0 Å². The second kappa shape index (κ2) is 5.77. The van der Waals surface area contributed by atoms with Crippen LogP contribution in [-0.2, 0) is 9.53 Å². The molecule has 0 aromatic heterocycles. The lowest BCUT2D eigenvalue weighted by Crippen LogP contribution is -2.38. The zero-order valence-corrected chi connectivity index (χ0v) is 7.75. The number of carbonyl (C=O) groups excluding carboxylic acids is 1. The van der Waals surface area contributed by atoms with E-state index >= 15 is 0 Å². The normalized spacial score (nSPS) is 14.9. The van der Waals surface area contributed by atoms with Crippen molar-refractivity contribution in [1.82, 2.24) is 0 Å². The van der Waals surface area contributed by atoms with Crippen LogP contribution >= 0.6 is 0 Å². The number of carbonyl (C=O) groups is 1. The summed E-state index contributed by atoms with van der Waals surface area (Å²) >= 11 is 0. The monoisotopic (exact) mass is 171 g/mol. The molecule has 70 valence electrons. The minimum atomic E-state index is -0.505. The summed E-state index contributed by atoms with van der Waals surface area (Å²) < 4.78 is 4.79. The SMILES string of the molecule is C=CCOC(=O)[C@H](N)C(C)CC. The Balaban J connectivity index is 3.83. The van der Waals surface area contributed by atoms with E-state index < -0.39 is 6.04 Å². The van der Waals surface area contributed by atoms with Gasteiger partial charge in [-0.3, -0.25) is 4.79 Å². The number of nitrogens with two attached hydrogens (primary N) is 1. The largest absolute Gasteiger partial charge is 0.460 e. The zero-order chi connectivity index (χ0) is 9.56. The third kappa shape index (κ3) is 3.53. The predicted molar refractivity (Wildman–Crippen MR) is 48.6 cm³/mol. The van der Waals surface area contributed by atoms with Crippen LogP contribution in [0, 0.1) is 5.92 Å². The summed E-state index contributed by atoms with van der Waals surface area (Å²) in [6, 6.07) is -0.505.